The SMILES string of the molecule is CCC[C@@H](NC(=O)NCc1cscn1)C(=O)O. The zero-order valence-corrected chi connectivity index (χ0v) is 10.3. The second-order valence-electron chi connectivity index (χ2n) is 3.49. The summed E-state index contributed by atoms with van der Waals surface area (Å²) in [6.07, 6.45) is 1.11. The number of nitrogens with one attached hydrogen (secondary N) is 2. The molecule has 0 aliphatic carbocycles. The third-order valence-electron chi connectivity index (χ3n) is 2.09. The third-order valence-corrected chi connectivity index (χ3v) is 2.73. The Hall–Kier alpha value is -1.63. The summed E-state index contributed by atoms with van der Waals surface area (Å²) >= 11 is 1.44. The number of nitrogens with zero attached hydrogens (tertiary/aromatic N) is 1. The van der Waals surface area contributed by atoms with Crippen LogP contribution in [0, 0.1) is 0 Å². The van der Waals surface area contributed by atoms with Gasteiger partial charge < -0.3 is 15.7 Å². The minimum Gasteiger partial charge on any atom is -0.480 e. The molecule has 0 bridgehead atoms. The summed E-state index contributed by atoms with van der Waals surface area (Å²) < 4.78 is 0. The minimum atomic E-state index is -1.02. The van der Waals surface area contributed by atoms with Crippen LogP contribution in [-0.2, 0) is 11.3 Å². The molecule has 2 amide bonds. The molecule has 0 unspecified atom stereocenters. The van der Waals surface area contributed by atoms with Gasteiger partial charge >= 0.3 is 12.0 Å². The van der Waals surface area contributed by atoms with Crippen LogP contribution in [0.4, 0.5) is 4.79 Å². The van der Waals surface area contributed by atoms with Crippen LogP contribution in [0.15, 0.2) is 10.9 Å². The first kappa shape index (κ1) is 13.4. The van der Waals surface area contributed by atoms with Gasteiger partial charge in [0.2, 0.25) is 0 Å². The smallest absolute Gasteiger partial charge is 0.326 e. The van der Waals surface area contributed by atoms with E-state index < -0.39 is 18.0 Å². The summed E-state index contributed by atoms with van der Waals surface area (Å²) in [6.45, 7) is 2.17. The number of amides is 2. The van der Waals surface area contributed by atoms with E-state index in [4.69, 9.17) is 5.11 Å². The van der Waals surface area contributed by atoms with Crippen LogP contribution in [0.25, 0.3) is 0 Å². The molecular weight excluding hydrogens is 242 g/mol. The van der Waals surface area contributed by atoms with Gasteiger partial charge in [0.05, 0.1) is 17.7 Å². The maximum absolute atomic E-state index is 11.4. The molecule has 1 aromatic rings. The van der Waals surface area contributed by atoms with Crippen LogP contribution in [-0.4, -0.2) is 28.1 Å². The molecule has 3 N–H and O–H groups in total. The Morgan fingerprint density at radius 3 is 2.88 bits per heavy atom. The van der Waals surface area contributed by atoms with E-state index in [0.717, 1.165) is 5.69 Å². The van der Waals surface area contributed by atoms with Gasteiger partial charge in [0, 0.05) is 5.38 Å². The number of carbonyl (C=O) groups excluding carboxylic acids is 1. The summed E-state index contributed by atoms with van der Waals surface area (Å²) in [5, 5.41) is 15.6. The van der Waals surface area contributed by atoms with E-state index in [0.29, 0.717) is 19.4 Å². The first-order chi connectivity index (χ1) is 8.13. The molecule has 0 saturated heterocycles. The minimum absolute atomic E-state index is 0.299. The zero-order valence-electron chi connectivity index (χ0n) is 9.47. The van der Waals surface area contributed by atoms with Crippen molar-refractivity contribution in [3.05, 3.63) is 16.6 Å². The highest BCUT2D eigenvalue weighted by Gasteiger charge is 2.18. The monoisotopic (exact) mass is 257 g/mol. The molecule has 1 aromatic heterocycles. The molecule has 0 aliphatic rings. The number of aliphatic carboxylic acids is 1. The van der Waals surface area contributed by atoms with Gasteiger partial charge in [-0.25, -0.2) is 14.6 Å². The molecule has 1 atom stereocenters. The lowest BCUT2D eigenvalue weighted by Crippen LogP contribution is -2.45. The summed E-state index contributed by atoms with van der Waals surface area (Å²) in [6, 6.07) is -1.32. The Labute approximate surface area is 103 Å². The number of urea groups is 1. The molecule has 6 nitrogen and oxygen atoms in total. The largest absolute Gasteiger partial charge is 0.480 e. The number of thiazole rings is 1. The van der Waals surface area contributed by atoms with Gasteiger partial charge in [0.1, 0.15) is 6.04 Å². The van der Waals surface area contributed by atoms with E-state index in [1.54, 1.807) is 5.51 Å². The van der Waals surface area contributed by atoms with Crippen molar-refractivity contribution in [2.24, 2.45) is 0 Å². The molecule has 1 heterocycles. The molecule has 0 fully saturated rings. The van der Waals surface area contributed by atoms with Gasteiger partial charge in [-0.3, -0.25) is 0 Å². The Morgan fingerprint density at radius 2 is 2.35 bits per heavy atom. The number of hydrogen-bond donors (Lipinski definition) is 3. The van der Waals surface area contributed by atoms with E-state index in [1.165, 1.54) is 11.3 Å². The third kappa shape index (κ3) is 4.81. The second-order valence-corrected chi connectivity index (χ2v) is 4.20. The lowest BCUT2D eigenvalue weighted by atomic mass is 10.2. The van der Waals surface area contributed by atoms with Crippen molar-refractivity contribution in [3.63, 3.8) is 0 Å². The molecule has 0 aliphatic heterocycles. The predicted molar refractivity (Wildman–Crippen MR) is 63.8 cm³/mol. The Balaban J connectivity index is 2.34. The van der Waals surface area contributed by atoms with E-state index in [9.17, 15) is 9.59 Å². The number of hydrogen-bond acceptors (Lipinski definition) is 4. The molecule has 94 valence electrons. The molecule has 0 aromatic carbocycles. The topological polar surface area (TPSA) is 91.3 Å². The summed E-state index contributed by atoms with van der Waals surface area (Å²) in [5.41, 5.74) is 2.43. The summed E-state index contributed by atoms with van der Waals surface area (Å²) in [4.78, 5) is 26.2. The molecule has 0 spiro atoms. The predicted octanol–water partition coefficient (Wildman–Crippen LogP) is 1.20. The molecular formula is C10H15N3O3S. The highest BCUT2D eigenvalue weighted by Crippen LogP contribution is 2.00. The standard InChI is InChI=1S/C10H15N3O3S/c1-2-3-8(9(14)15)13-10(16)11-4-7-5-17-6-12-7/h5-6,8H,2-4H2,1H3,(H,14,15)(H2,11,13,16)/t8-/m1/s1. The molecule has 17 heavy (non-hydrogen) atoms. The Bertz CT molecular complexity index is 367. The van der Waals surface area contributed by atoms with Crippen LogP contribution in [0.5, 0.6) is 0 Å². The summed E-state index contributed by atoms with van der Waals surface area (Å²) in [7, 11) is 0. The van der Waals surface area contributed by atoms with Crippen LogP contribution < -0.4 is 10.6 Å². The number of carboxylic acid groups (broad SMARTS) is 1. The van der Waals surface area contributed by atoms with Crippen molar-refractivity contribution in [1.29, 1.82) is 0 Å². The van der Waals surface area contributed by atoms with Crippen LogP contribution in [0.1, 0.15) is 25.5 Å². The fourth-order valence-electron chi connectivity index (χ4n) is 1.25. The highest BCUT2D eigenvalue weighted by atomic mass is 32.1. The van der Waals surface area contributed by atoms with Gasteiger partial charge in [-0.05, 0) is 6.42 Å². The fourth-order valence-corrected chi connectivity index (χ4v) is 1.81. The van der Waals surface area contributed by atoms with Gasteiger partial charge in [-0.15, -0.1) is 11.3 Å². The number of rotatable bonds is 6. The Morgan fingerprint density at radius 1 is 1.59 bits per heavy atom. The van der Waals surface area contributed by atoms with Crippen molar-refractivity contribution in [2.75, 3.05) is 0 Å². The number of aromatic nitrogens is 1. The lowest BCUT2D eigenvalue weighted by molar-refractivity contribution is -0.139. The van der Waals surface area contributed by atoms with Gasteiger partial charge in [-0.2, -0.15) is 0 Å². The van der Waals surface area contributed by atoms with Crippen molar-refractivity contribution in [3.8, 4) is 0 Å². The van der Waals surface area contributed by atoms with Crippen LogP contribution in [0.3, 0.4) is 0 Å². The lowest BCUT2D eigenvalue weighted by Gasteiger charge is -2.13. The second kappa shape index (κ2) is 6.85. The first-order valence-electron chi connectivity index (χ1n) is 5.27. The Kier molecular flexibility index (Phi) is 5.41. The van der Waals surface area contributed by atoms with E-state index in [-0.39, 0.29) is 0 Å². The highest BCUT2D eigenvalue weighted by molar-refractivity contribution is 7.07. The van der Waals surface area contributed by atoms with E-state index in [1.807, 2.05) is 12.3 Å². The molecule has 7 heteroatoms. The normalized spacial score (nSPS) is 11.8. The first-order valence-corrected chi connectivity index (χ1v) is 6.22. The van der Waals surface area contributed by atoms with Crippen molar-refractivity contribution in [1.82, 2.24) is 15.6 Å². The average Bonchev–Trinajstić information content (AvgIpc) is 2.78. The van der Waals surface area contributed by atoms with Gasteiger partial charge in [0.25, 0.3) is 0 Å². The molecule has 1 rings (SSSR count). The van der Waals surface area contributed by atoms with Crippen LogP contribution >= 0.6 is 11.3 Å². The fraction of sp³-hybridized carbons (Fsp3) is 0.500. The van der Waals surface area contributed by atoms with Gasteiger partial charge in [0.15, 0.2) is 0 Å². The molecule has 0 saturated carbocycles. The zero-order chi connectivity index (χ0) is 12.7. The quantitative estimate of drug-likeness (QED) is 0.714. The van der Waals surface area contributed by atoms with E-state index >= 15 is 0 Å². The summed E-state index contributed by atoms with van der Waals surface area (Å²) in [5.74, 6) is -1.02. The van der Waals surface area contributed by atoms with E-state index in [2.05, 4.69) is 15.6 Å². The number of carboxylic acids is 1. The van der Waals surface area contributed by atoms with Crippen molar-refractivity contribution in [2.45, 2.75) is 32.4 Å². The van der Waals surface area contributed by atoms with Crippen molar-refractivity contribution < 1.29 is 14.7 Å². The molecule has 0 radical (unpaired) electrons. The van der Waals surface area contributed by atoms with Gasteiger partial charge in [-0.1, -0.05) is 13.3 Å². The number of carbonyl (C=O) groups is 2. The average molecular weight is 257 g/mol. The maximum atomic E-state index is 11.4. The van der Waals surface area contributed by atoms with Crippen molar-refractivity contribution >= 4 is 23.3 Å². The van der Waals surface area contributed by atoms with Crippen LogP contribution in [0.2, 0.25) is 0 Å². The maximum Gasteiger partial charge on any atom is 0.326 e.